The van der Waals surface area contributed by atoms with Crippen LogP contribution in [0.2, 0.25) is 0 Å². The average molecular weight is 362 g/mol. The summed E-state index contributed by atoms with van der Waals surface area (Å²) in [6, 6.07) is 24.3. The van der Waals surface area contributed by atoms with E-state index in [9.17, 15) is 14.7 Å². The highest BCUT2D eigenvalue weighted by Gasteiger charge is 2.24. The number of carbonyl (C=O) groups is 2. The third kappa shape index (κ3) is 4.73. The molecule has 3 aromatic rings. The van der Waals surface area contributed by atoms with Crippen LogP contribution in [-0.2, 0) is 16.1 Å². The van der Waals surface area contributed by atoms with E-state index >= 15 is 0 Å². The van der Waals surface area contributed by atoms with Gasteiger partial charge in [-0.05, 0) is 17.7 Å². The molecule has 3 aromatic carbocycles. The van der Waals surface area contributed by atoms with Gasteiger partial charge in [0.15, 0.2) is 0 Å². The molecule has 0 aliphatic heterocycles. The standard InChI is InChI=1S/C22H18O5/c23-21(24)20(17-11-5-2-6-12-17)27-19-14-8-7-13-18(19)22(25)26-15-16-9-3-1-4-10-16/h1-14,20H,15H2,(H,23,24). The fraction of sp³-hybridized carbons (Fsp3) is 0.0909. The van der Waals surface area contributed by atoms with E-state index in [0.717, 1.165) is 5.56 Å². The van der Waals surface area contributed by atoms with Crippen molar-refractivity contribution in [3.05, 3.63) is 102 Å². The molecule has 0 aliphatic carbocycles. The molecule has 1 unspecified atom stereocenters. The van der Waals surface area contributed by atoms with Crippen molar-refractivity contribution in [1.29, 1.82) is 0 Å². The summed E-state index contributed by atoms with van der Waals surface area (Å²) < 4.78 is 11.0. The van der Waals surface area contributed by atoms with Gasteiger partial charge in [0.1, 0.15) is 17.9 Å². The maximum atomic E-state index is 12.5. The molecular formula is C22H18O5. The molecule has 0 bridgehead atoms. The molecule has 27 heavy (non-hydrogen) atoms. The Labute approximate surface area is 156 Å². The van der Waals surface area contributed by atoms with E-state index in [1.807, 2.05) is 30.3 Å². The lowest BCUT2D eigenvalue weighted by Gasteiger charge is -2.17. The fourth-order valence-corrected chi connectivity index (χ4v) is 2.55. The van der Waals surface area contributed by atoms with Crippen molar-refractivity contribution >= 4 is 11.9 Å². The van der Waals surface area contributed by atoms with Crippen LogP contribution in [-0.4, -0.2) is 17.0 Å². The maximum Gasteiger partial charge on any atom is 0.349 e. The summed E-state index contributed by atoms with van der Waals surface area (Å²) >= 11 is 0. The largest absolute Gasteiger partial charge is 0.478 e. The van der Waals surface area contributed by atoms with Gasteiger partial charge < -0.3 is 14.6 Å². The third-order valence-corrected chi connectivity index (χ3v) is 3.89. The summed E-state index contributed by atoms with van der Waals surface area (Å²) in [6.07, 6.45) is -1.23. The molecule has 1 N–H and O–H groups in total. The highest BCUT2D eigenvalue weighted by atomic mass is 16.5. The fourth-order valence-electron chi connectivity index (χ4n) is 2.55. The molecule has 0 heterocycles. The van der Waals surface area contributed by atoms with Crippen molar-refractivity contribution in [3.8, 4) is 5.75 Å². The first-order chi connectivity index (χ1) is 13.1. The minimum absolute atomic E-state index is 0.120. The molecule has 0 spiro atoms. The predicted octanol–water partition coefficient (Wildman–Crippen LogP) is 4.25. The Morgan fingerprint density at radius 1 is 0.815 bits per heavy atom. The van der Waals surface area contributed by atoms with Gasteiger partial charge >= 0.3 is 11.9 Å². The van der Waals surface area contributed by atoms with Crippen LogP contribution in [0, 0.1) is 0 Å². The molecule has 5 heteroatoms. The first-order valence-corrected chi connectivity index (χ1v) is 8.39. The van der Waals surface area contributed by atoms with Crippen molar-refractivity contribution in [2.45, 2.75) is 12.7 Å². The lowest BCUT2D eigenvalue weighted by atomic mass is 10.1. The van der Waals surface area contributed by atoms with Crippen LogP contribution < -0.4 is 4.74 Å². The topological polar surface area (TPSA) is 72.8 Å². The average Bonchev–Trinajstić information content (AvgIpc) is 2.71. The molecule has 0 saturated carbocycles. The van der Waals surface area contributed by atoms with Crippen LogP contribution in [0.3, 0.4) is 0 Å². The zero-order valence-electron chi connectivity index (χ0n) is 14.4. The van der Waals surface area contributed by atoms with Crippen LogP contribution >= 0.6 is 0 Å². The molecule has 0 fully saturated rings. The monoisotopic (exact) mass is 362 g/mol. The lowest BCUT2D eigenvalue weighted by molar-refractivity contribution is -0.145. The molecule has 0 aromatic heterocycles. The minimum atomic E-state index is -1.23. The van der Waals surface area contributed by atoms with E-state index < -0.39 is 18.0 Å². The van der Waals surface area contributed by atoms with Gasteiger partial charge in [-0.2, -0.15) is 0 Å². The van der Waals surface area contributed by atoms with Crippen LogP contribution in [0.15, 0.2) is 84.9 Å². The van der Waals surface area contributed by atoms with Crippen molar-refractivity contribution in [3.63, 3.8) is 0 Å². The highest BCUT2D eigenvalue weighted by molar-refractivity contribution is 5.92. The third-order valence-electron chi connectivity index (χ3n) is 3.89. The number of carboxylic acid groups (broad SMARTS) is 1. The number of esters is 1. The Kier molecular flexibility index (Phi) is 5.84. The van der Waals surface area contributed by atoms with Crippen molar-refractivity contribution in [1.82, 2.24) is 0 Å². The summed E-state index contributed by atoms with van der Waals surface area (Å²) in [4.78, 5) is 24.1. The number of benzene rings is 3. The van der Waals surface area contributed by atoms with Gasteiger partial charge in [-0.25, -0.2) is 9.59 Å². The van der Waals surface area contributed by atoms with Gasteiger partial charge in [-0.1, -0.05) is 72.8 Å². The lowest BCUT2D eigenvalue weighted by Crippen LogP contribution is -2.19. The quantitative estimate of drug-likeness (QED) is 0.636. The molecule has 5 nitrogen and oxygen atoms in total. The van der Waals surface area contributed by atoms with Crippen LogP contribution in [0.4, 0.5) is 0 Å². The highest BCUT2D eigenvalue weighted by Crippen LogP contribution is 2.26. The molecule has 0 amide bonds. The van der Waals surface area contributed by atoms with E-state index in [-0.39, 0.29) is 17.9 Å². The molecular weight excluding hydrogens is 344 g/mol. The Balaban J connectivity index is 1.78. The number of hydrogen-bond donors (Lipinski definition) is 1. The van der Waals surface area contributed by atoms with E-state index in [1.54, 1.807) is 54.6 Å². The second-order valence-corrected chi connectivity index (χ2v) is 5.80. The van der Waals surface area contributed by atoms with Crippen LogP contribution in [0.5, 0.6) is 5.75 Å². The van der Waals surface area contributed by atoms with Gasteiger partial charge in [0.25, 0.3) is 0 Å². The zero-order chi connectivity index (χ0) is 19.1. The Hall–Kier alpha value is -3.60. The van der Waals surface area contributed by atoms with E-state index in [0.29, 0.717) is 5.56 Å². The number of hydrogen-bond acceptors (Lipinski definition) is 4. The number of carbonyl (C=O) groups excluding carboxylic acids is 1. The molecule has 0 radical (unpaired) electrons. The molecule has 0 aliphatic rings. The SMILES string of the molecule is O=C(OCc1ccccc1)c1ccccc1OC(C(=O)O)c1ccccc1. The normalized spacial score (nSPS) is 11.4. The van der Waals surface area contributed by atoms with E-state index in [4.69, 9.17) is 9.47 Å². The first kappa shape index (κ1) is 18.2. The number of aliphatic carboxylic acids is 1. The summed E-state index contributed by atoms with van der Waals surface area (Å²) in [6.45, 7) is 0.120. The van der Waals surface area contributed by atoms with Gasteiger partial charge in [0.2, 0.25) is 6.10 Å². The van der Waals surface area contributed by atoms with Crippen LogP contribution in [0.25, 0.3) is 0 Å². The van der Waals surface area contributed by atoms with Crippen molar-refractivity contribution in [2.24, 2.45) is 0 Å². The summed E-state index contributed by atoms with van der Waals surface area (Å²) in [7, 11) is 0. The number of carboxylic acids is 1. The number of rotatable bonds is 7. The van der Waals surface area contributed by atoms with E-state index in [2.05, 4.69) is 0 Å². The van der Waals surface area contributed by atoms with Crippen molar-refractivity contribution < 1.29 is 24.2 Å². The molecule has 0 saturated heterocycles. The molecule has 1 atom stereocenters. The second kappa shape index (κ2) is 8.67. The number of ether oxygens (including phenoxy) is 2. The zero-order valence-corrected chi connectivity index (χ0v) is 14.4. The first-order valence-electron chi connectivity index (χ1n) is 8.39. The summed E-state index contributed by atoms with van der Waals surface area (Å²) in [5.74, 6) is -1.56. The molecule has 3 rings (SSSR count). The number of para-hydroxylation sites is 1. The van der Waals surface area contributed by atoms with Gasteiger partial charge in [-0.15, -0.1) is 0 Å². The van der Waals surface area contributed by atoms with E-state index in [1.165, 1.54) is 0 Å². The van der Waals surface area contributed by atoms with Crippen LogP contribution in [0.1, 0.15) is 27.6 Å². The van der Waals surface area contributed by atoms with Gasteiger partial charge in [0.05, 0.1) is 0 Å². The molecule has 136 valence electrons. The summed E-state index contributed by atoms with van der Waals surface area (Å²) in [5.41, 5.74) is 1.52. The maximum absolute atomic E-state index is 12.5. The Bertz CT molecular complexity index is 906. The summed E-state index contributed by atoms with van der Waals surface area (Å²) in [5, 5.41) is 9.53. The smallest absolute Gasteiger partial charge is 0.349 e. The van der Waals surface area contributed by atoms with Gasteiger partial charge in [-0.3, -0.25) is 0 Å². The predicted molar refractivity (Wildman–Crippen MR) is 99.5 cm³/mol. The van der Waals surface area contributed by atoms with Crippen molar-refractivity contribution in [2.75, 3.05) is 0 Å². The minimum Gasteiger partial charge on any atom is -0.478 e. The van der Waals surface area contributed by atoms with Gasteiger partial charge in [0, 0.05) is 5.56 Å². The second-order valence-electron chi connectivity index (χ2n) is 5.80. The Morgan fingerprint density at radius 2 is 1.41 bits per heavy atom. The Morgan fingerprint density at radius 3 is 2.07 bits per heavy atom.